The highest BCUT2D eigenvalue weighted by Gasteiger charge is 2.24. The summed E-state index contributed by atoms with van der Waals surface area (Å²) >= 11 is 0. The van der Waals surface area contributed by atoms with Gasteiger partial charge in [0, 0.05) is 33.1 Å². The highest BCUT2D eigenvalue weighted by molar-refractivity contribution is 6.11. The third-order valence-electron chi connectivity index (χ3n) is 13.5. The van der Waals surface area contributed by atoms with Crippen molar-refractivity contribution in [2.24, 2.45) is 0 Å². The normalized spacial score (nSPS) is 12.1. The molecule has 320 valence electrons. The van der Waals surface area contributed by atoms with E-state index in [4.69, 9.17) is 0 Å². The van der Waals surface area contributed by atoms with E-state index in [1.54, 1.807) is 0 Å². The zero-order chi connectivity index (χ0) is 45.2. The zero-order valence-electron chi connectivity index (χ0n) is 38.7. The first-order chi connectivity index (χ1) is 32.0. The lowest BCUT2D eigenvalue weighted by Crippen LogP contribution is -2.16. The molecule has 0 saturated carbocycles. The van der Waals surface area contributed by atoms with E-state index in [1.165, 1.54) is 87.9 Å². The third kappa shape index (κ3) is 7.24. The Labute approximate surface area is 389 Å². The fourth-order valence-electron chi connectivity index (χ4n) is 9.97. The van der Waals surface area contributed by atoms with Crippen LogP contribution in [0.2, 0.25) is 0 Å². The van der Waals surface area contributed by atoms with E-state index < -0.39 is 0 Å². The van der Waals surface area contributed by atoms with Crippen molar-refractivity contribution in [3.63, 3.8) is 0 Å². The van der Waals surface area contributed by atoms with Gasteiger partial charge in [0.15, 0.2) is 0 Å². The summed E-state index contributed by atoms with van der Waals surface area (Å²) in [5.41, 5.74) is 16.9. The molecule has 0 spiro atoms. The van der Waals surface area contributed by atoms with E-state index >= 15 is 0 Å². The maximum Gasteiger partial charge on any atom is 0.0547 e. The van der Waals surface area contributed by atoms with Crippen molar-refractivity contribution in [2.45, 2.75) is 52.4 Å². The summed E-state index contributed by atoms with van der Waals surface area (Å²) in [4.78, 5) is 2.47. The lowest BCUT2D eigenvalue weighted by atomic mass is 9.78. The van der Waals surface area contributed by atoms with Gasteiger partial charge in [0.2, 0.25) is 0 Å². The molecule has 11 aromatic rings. The standard InChI is InChI=1S/C64H54N2/c1-63(2,3)48-39-47(40-49(42-48)64(4,5)6)53-28-16-21-45-22-17-29-57(62(45)53)55-27-13-15-31-60(55)65(58-32-18-20-44-19-10-11-25-52(44)58)51-36-33-43(34-37-51)46-35-38-56-54-26-12-14-30-59(54)66(61(56)41-46)50-23-8-7-9-24-50/h7-42H,1-6H3. The number of hydrogen-bond acceptors (Lipinski definition) is 1. The summed E-state index contributed by atoms with van der Waals surface area (Å²) < 4.78 is 2.39. The van der Waals surface area contributed by atoms with Gasteiger partial charge >= 0.3 is 0 Å². The van der Waals surface area contributed by atoms with Crippen molar-refractivity contribution in [3.05, 3.63) is 230 Å². The Morgan fingerprint density at radius 3 is 1.64 bits per heavy atom. The fraction of sp³-hybridized carbons (Fsp3) is 0.125. The van der Waals surface area contributed by atoms with Crippen LogP contribution < -0.4 is 4.90 Å². The molecule has 2 heteroatoms. The minimum atomic E-state index is -0.000556. The Bertz CT molecular complexity index is 3550. The van der Waals surface area contributed by atoms with E-state index in [0.29, 0.717) is 0 Å². The van der Waals surface area contributed by atoms with Crippen molar-refractivity contribution in [1.82, 2.24) is 4.57 Å². The highest BCUT2D eigenvalue weighted by atomic mass is 15.1. The Hall–Kier alpha value is -7.68. The quantitative estimate of drug-likeness (QED) is 0.155. The van der Waals surface area contributed by atoms with Gasteiger partial charge in [-0.1, -0.05) is 211 Å². The summed E-state index contributed by atoms with van der Waals surface area (Å²) in [5.74, 6) is 0. The minimum Gasteiger partial charge on any atom is -0.309 e. The molecule has 0 aliphatic heterocycles. The second-order valence-corrected chi connectivity index (χ2v) is 19.8. The van der Waals surface area contributed by atoms with Gasteiger partial charge in [0.05, 0.1) is 22.4 Å². The van der Waals surface area contributed by atoms with Crippen LogP contribution in [0.5, 0.6) is 0 Å². The number of benzene rings is 10. The molecule has 2 nitrogen and oxygen atoms in total. The average Bonchev–Trinajstić information content (AvgIpc) is 3.67. The molecule has 1 aromatic heterocycles. The second kappa shape index (κ2) is 16.1. The number of anilines is 3. The molecule has 0 unspecified atom stereocenters. The van der Waals surface area contributed by atoms with Gasteiger partial charge in [-0.05, 0) is 114 Å². The van der Waals surface area contributed by atoms with Crippen molar-refractivity contribution < 1.29 is 0 Å². The molecular formula is C64H54N2. The smallest absolute Gasteiger partial charge is 0.0547 e. The molecule has 1 heterocycles. The largest absolute Gasteiger partial charge is 0.309 e. The van der Waals surface area contributed by atoms with Crippen LogP contribution in [0.15, 0.2) is 218 Å². The Balaban J connectivity index is 1.09. The fourth-order valence-corrected chi connectivity index (χ4v) is 9.97. The van der Waals surface area contributed by atoms with Crippen molar-refractivity contribution in [3.8, 4) is 39.1 Å². The molecule has 0 aliphatic rings. The first kappa shape index (κ1) is 41.1. The van der Waals surface area contributed by atoms with Gasteiger partial charge < -0.3 is 9.47 Å². The number of nitrogens with zero attached hydrogens (tertiary/aromatic N) is 2. The number of aromatic nitrogens is 1. The van der Waals surface area contributed by atoms with Crippen LogP contribution in [0.4, 0.5) is 17.1 Å². The molecule has 10 aromatic carbocycles. The molecule has 0 bridgehead atoms. The Kier molecular flexibility index (Phi) is 10.0. The summed E-state index contributed by atoms with van der Waals surface area (Å²) in [6, 6.07) is 80.8. The van der Waals surface area contributed by atoms with Gasteiger partial charge in [-0.3, -0.25) is 0 Å². The van der Waals surface area contributed by atoms with E-state index in [0.717, 1.165) is 22.7 Å². The molecule has 0 aliphatic carbocycles. The second-order valence-electron chi connectivity index (χ2n) is 19.8. The maximum atomic E-state index is 2.47. The van der Waals surface area contributed by atoms with E-state index in [-0.39, 0.29) is 10.8 Å². The lowest BCUT2D eigenvalue weighted by Gasteiger charge is -2.30. The van der Waals surface area contributed by atoms with Crippen LogP contribution in [-0.2, 0) is 10.8 Å². The summed E-state index contributed by atoms with van der Waals surface area (Å²) in [5, 5.41) is 7.40. The SMILES string of the molecule is CC(C)(C)c1cc(-c2cccc3cccc(-c4ccccc4N(c4ccc(-c5ccc6c7ccccc7n(-c7ccccc7)c6c5)cc4)c4cccc5ccccc45)c23)cc(C(C)(C)C)c1. The van der Waals surface area contributed by atoms with Crippen LogP contribution in [0.1, 0.15) is 52.7 Å². The van der Waals surface area contributed by atoms with E-state index in [9.17, 15) is 0 Å². The monoisotopic (exact) mass is 850 g/mol. The van der Waals surface area contributed by atoms with Gasteiger partial charge in [-0.25, -0.2) is 0 Å². The van der Waals surface area contributed by atoms with Gasteiger partial charge in [-0.2, -0.15) is 0 Å². The summed E-state index contributed by atoms with van der Waals surface area (Å²) in [6.07, 6.45) is 0. The van der Waals surface area contributed by atoms with E-state index in [1.807, 2.05) is 0 Å². The molecular weight excluding hydrogens is 797 g/mol. The molecule has 0 amide bonds. The van der Waals surface area contributed by atoms with Crippen molar-refractivity contribution in [1.29, 1.82) is 0 Å². The minimum absolute atomic E-state index is 0.000556. The first-order valence-electron chi connectivity index (χ1n) is 23.3. The lowest BCUT2D eigenvalue weighted by molar-refractivity contribution is 0.569. The van der Waals surface area contributed by atoms with Crippen LogP contribution >= 0.6 is 0 Å². The third-order valence-corrected chi connectivity index (χ3v) is 13.5. The molecule has 0 N–H and O–H groups in total. The van der Waals surface area contributed by atoms with Crippen LogP contribution in [0.3, 0.4) is 0 Å². The van der Waals surface area contributed by atoms with Crippen molar-refractivity contribution in [2.75, 3.05) is 4.90 Å². The maximum absolute atomic E-state index is 2.47. The molecule has 0 atom stereocenters. The summed E-state index contributed by atoms with van der Waals surface area (Å²) in [6.45, 7) is 13.9. The zero-order valence-corrected chi connectivity index (χ0v) is 38.7. The summed E-state index contributed by atoms with van der Waals surface area (Å²) in [7, 11) is 0. The van der Waals surface area contributed by atoms with Crippen LogP contribution in [-0.4, -0.2) is 4.57 Å². The predicted molar refractivity (Wildman–Crippen MR) is 284 cm³/mol. The molecule has 0 radical (unpaired) electrons. The number of para-hydroxylation sites is 3. The van der Waals surface area contributed by atoms with Gasteiger partial charge in [0.25, 0.3) is 0 Å². The predicted octanol–water partition coefficient (Wildman–Crippen LogP) is 18.2. The average molecular weight is 851 g/mol. The van der Waals surface area contributed by atoms with Crippen LogP contribution in [0.25, 0.3) is 82.4 Å². The first-order valence-corrected chi connectivity index (χ1v) is 23.3. The Morgan fingerprint density at radius 2 is 0.894 bits per heavy atom. The molecule has 0 fully saturated rings. The molecule has 11 rings (SSSR count). The Morgan fingerprint density at radius 1 is 0.348 bits per heavy atom. The van der Waals surface area contributed by atoms with E-state index in [2.05, 4.69) is 269 Å². The number of fused-ring (bicyclic) bond motifs is 5. The topological polar surface area (TPSA) is 8.17 Å². The number of rotatable bonds is 7. The van der Waals surface area contributed by atoms with Crippen LogP contribution in [0, 0.1) is 0 Å². The van der Waals surface area contributed by atoms with Crippen molar-refractivity contribution >= 4 is 60.4 Å². The highest BCUT2D eigenvalue weighted by Crippen LogP contribution is 2.47. The van der Waals surface area contributed by atoms with Gasteiger partial charge in [0.1, 0.15) is 0 Å². The number of hydrogen-bond donors (Lipinski definition) is 0. The molecule has 0 saturated heterocycles. The molecule has 66 heavy (non-hydrogen) atoms. The van der Waals surface area contributed by atoms with Gasteiger partial charge in [-0.15, -0.1) is 0 Å².